The van der Waals surface area contributed by atoms with Gasteiger partial charge in [-0.05, 0) is 15.9 Å². The molecule has 2 N–H and O–H groups in total. The third-order valence-electron chi connectivity index (χ3n) is 3.66. The van der Waals surface area contributed by atoms with E-state index in [0.717, 1.165) is 12.1 Å². The normalized spacial score (nSPS) is 17.9. The number of nitrogens with zero attached hydrogens (tertiary/aromatic N) is 2. The molecule has 0 radical (unpaired) electrons. The van der Waals surface area contributed by atoms with E-state index in [0.29, 0.717) is 26.2 Å². The van der Waals surface area contributed by atoms with E-state index in [9.17, 15) is 28.4 Å². The number of nitrogens with one attached hydrogen (secondary N) is 1. The molecule has 0 spiro atoms. The number of halogens is 4. The Morgan fingerprint density at radius 2 is 2.00 bits per heavy atom. The number of hydrogen-bond acceptors (Lipinski definition) is 5. The van der Waals surface area contributed by atoms with Gasteiger partial charge in [-0.3, -0.25) is 15.0 Å². The highest BCUT2D eigenvalue weighted by molar-refractivity contribution is 9.10. The van der Waals surface area contributed by atoms with Crippen LogP contribution in [0.4, 0.5) is 18.9 Å². The van der Waals surface area contributed by atoms with Crippen molar-refractivity contribution in [3.8, 4) is 5.75 Å². The van der Waals surface area contributed by atoms with Crippen LogP contribution in [0.15, 0.2) is 16.6 Å². The zero-order valence-corrected chi connectivity index (χ0v) is 13.5. The molecule has 2 rings (SSSR count). The molecule has 0 saturated carbocycles. The molecule has 1 aliphatic rings. The summed E-state index contributed by atoms with van der Waals surface area (Å²) in [4.78, 5) is 11.8. The third kappa shape index (κ3) is 4.55. The van der Waals surface area contributed by atoms with Crippen LogP contribution in [0.2, 0.25) is 0 Å². The lowest BCUT2D eigenvalue weighted by atomic mass is 9.99. The number of rotatable bonds is 4. The maximum absolute atomic E-state index is 13.0. The number of nitro groups is 1. The van der Waals surface area contributed by atoms with Gasteiger partial charge in [0.1, 0.15) is 5.75 Å². The summed E-state index contributed by atoms with van der Waals surface area (Å²) < 4.78 is 38.9. The number of non-ortho nitro benzene ring substituents is 1. The molecule has 0 aromatic heterocycles. The van der Waals surface area contributed by atoms with Crippen LogP contribution >= 0.6 is 15.9 Å². The molecule has 0 amide bonds. The molecule has 0 aliphatic carbocycles. The van der Waals surface area contributed by atoms with Gasteiger partial charge in [-0.15, -0.1) is 0 Å². The van der Waals surface area contributed by atoms with Gasteiger partial charge in [0.25, 0.3) is 5.69 Å². The fraction of sp³-hybridized carbons (Fsp3) is 0.538. The molecule has 1 fully saturated rings. The summed E-state index contributed by atoms with van der Waals surface area (Å²) in [7, 11) is 0. The Labute approximate surface area is 138 Å². The van der Waals surface area contributed by atoms with Gasteiger partial charge in [0.2, 0.25) is 0 Å². The average molecular weight is 398 g/mol. The predicted octanol–water partition coefficient (Wildman–Crippen LogP) is 2.96. The lowest BCUT2D eigenvalue weighted by molar-refractivity contribution is -0.385. The molecule has 1 aliphatic heterocycles. The second kappa shape index (κ2) is 7.02. The Morgan fingerprint density at radius 1 is 1.39 bits per heavy atom. The molecule has 128 valence electrons. The Bertz CT molecular complexity index is 592. The largest absolute Gasteiger partial charge is 0.506 e. The highest BCUT2D eigenvalue weighted by Gasteiger charge is 2.38. The standard InChI is InChI=1S/C13H15BrF3N3O3/c14-10-6-8(20(22)23)5-9(12(10)21)11(7-13(15,16)17)19-3-1-18-2-4-19/h5-6,11,18,21H,1-4,7H2/t11-/m0/s1. The van der Waals surface area contributed by atoms with Crippen molar-refractivity contribution in [1.82, 2.24) is 10.2 Å². The van der Waals surface area contributed by atoms with Gasteiger partial charge in [0.15, 0.2) is 0 Å². The minimum absolute atomic E-state index is 0.00371. The van der Waals surface area contributed by atoms with E-state index in [1.165, 1.54) is 0 Å². The van der Waals surface area contributed by atoms with E-state index in [-0.39, 0.29) is 15.7 Å². The highest BCUT2D eigenvalue weighted by Crippen LogP contribution is 2.42. The molecular formula is C13H15BrF3N3O3. The molecule has 0 unspecified atom stereocenters. The topological polar surface area (TPSA) is 78.6 Å². The Balaban J connectivity index is 2.47. The number of nitro benzene ring substituents is 1. The summed E-state index contributed by atoms with van der Waals surface area (Å²) in [6.45, 7) is 1.76. The van der Waals surface area contributed by atoms with Crippen molar-refractivity contribution >= 4 is 21.6 Å². The molecule has 1 atom stereocenters. The number of alkyl halides is 3. The summed E-state index contributed by atoms with van der Waals surface area (Å²) in [6, 6.07) is 0.910. The van der Waals surface area contributed by atoms with Crippen LogP contribution in [-0.4, -0.2) is 47.3 Å². The summed E-state index contributed by atoms with van der Waals surface area (Å²) in [5.41, 5.74) is -0.461. The van der Waals surface area contributed by atoms with Gasteiger partial charge in [0.05, 0.1) is 15.8 Å². The minimum atomic E-state index is -4.46. The fourth-order valence-corrected chi connectivity index (χ4v) is 3.08. The summed E-state index contributed by atoms with van der Waals surface area (Å²) in [6.07, 6.45) is -5.65. The molecule has 1 heterocycles. The van der Waals surface area contributed by atoms with Crippen molar-refractivity contribution in [2.75, 3.05) is 26.2 Å². The quantitative estimate of drug-likeness (QED) is 0.603. The van der Waals surface area contributed by atoms with Crippen molar-refractivity contribution in [2.24, 2.45) is 0 Å². The van der Waals surface area contributed by atoms with Gasteiger partial charge >= 0.3 is 6.18 Å². The number of hydrogen-bond donors (Lipinski definition) is 2. The number of benzene rings is 1. The molecule has 1 aromatic carbocycles. The number of piperazine rings is 1. The smallest absolute Gasteiger partial charge is 0.390 e. The van der Waals surface area contributed by atoms with Crippen molar-refractivity contribution in [3.05, 3.63) is 32.3 Å². The van der Waals surface area contributed by atoms with Crippen molar-refractivity contribution in [1.29, 1.82) is 0 Å². The minimum Gasteiger partial charge on any atom is -0.506 e. The Kier molecular flexibility index (Phi) is 5.48. The first-order valence-corrected chi connectivity index (χ1v) is 7.66. The lowest BCUT2D eigenvalue weighted by Crippen LogP contribution is -2.46. The van der Waals surface area contributed by atoms with Crippen LogP contribution in [0.5, 0.6) is 5.75 Å². The monoisotopic (exact) mass is 397 g/mol. The average Bonchev–Trinajstić information content (AvgIpc) is 2.47. The van der Waals surface area contributed by atoms with Gasteiger partial charge in [-0.1, -0.05) is 0 Å². The molecular weight excluding hydrogens is 383 g/mol. The third-order valence-corrected chi connectivity index (χ3v) is 4.27. The number of phenolic OH excluding ortho intramolecular Hbond substituents is 1. The molecule has 10 heteroatoms. The molecule has 1 saturated heterocycles. The van der Waals surface area contributed by atoms with Gasteiger partial charge in [-0.25, -0.2) is 0 Å². The van der Waals surface area contributed by atoms with Crippen LogP contribution in [0.3, 0.4) is 0 Å². The van der Waals surface area contributed by atoms with Gasteiger partial charge < -0.3 is 10.4 Å². The van der Waals surface area contributed by atoms with Crippen LogP contribution in [0.25, 0.3) is 0 Å². The molecule has 6 nitrogen and oxygen atoms in total. The fourth-order valence-electron chi connectivity index (χ4n) is 2.61. The predicted molar refractivity (Wildman–Crippen MR) is 80.3 cm³/mol. The van der Waals surface area contributed by atoms with E-state index in [4.69, 9.17) is 0 Å². The number of aromatic hydroxyl groups is 1. The SMILES string of the molecule is O=[N+]([O-])c1cc(Br)c(O)c([C@H](CC(F)(F)F)N2CCNCC2)c1. The first-order chi connectivity index (χ1) is 10.7. The number of phenols is 1. The molecule has 0 bridgehead atoms. The van der Waals surface area contributed by atoms with Crippen LogP contribution in [-0.2, 0) is 0 Å². The summed E-state index contributed by atoms with van der Waals surface area (Å²) in [5.74, 6) is -0.400. The van der Waals surface area contributed by atoms with Crippen LogP contribution < -0.4 is 5.32 Å². The zero-order chi connectivity index (χ0) is 17.2. The highest BCUT2D eigenvalue weighted by atomic mass is 79.9. The molecule has 1 aromatic rings. The summed E-state index contributed by atoms with van der Waals surface area (Å²) in [5, 5.41) is 24.1. The maximum Gasteiger partial charge on any atom is 0.390 e. The van der Waals surface area contributed by atoms with E-state index in [1.54, 1.807) is 4.90 Å². The van der Waals surface area contributed by atoms with E-state index in [1.807, 2.05) is 0 Å². The second-order valence-electron chi connectivity index (χ2n) is 5.24. The van der Waals surface area contributed by atoms with Crippen LogP contribution in [0, 0.1) is 10.1 Å². The van der Waals surface area contributed by atoms with E-state index >= 15 is 0 Å². The second-order valence-corrected chi connectivity index (χ2v) is 6.10. The first kappa shape index (κ1) is 18.0. The summed E-state index contributed by atoms with van der Waals surface area (Å²) >= 11 is 2.97. The Hall–Kier alpha value is -1.39. The lowest BCUT2D eigenvalue weighted by Gasteiger charge is -2.35. The van der Waals surface area contributed by atoms with E-state index < -0.39 is 29.3 Å². The van der Waals surface area contributed by atoms with Crippen molar-refractivity contribution in [3.63, 3.8) is 0 Å². The Morgan fingerprint density at radius 3 is 2.52 bits per heavy atom. The van der Waals surface area contributed by atoms with Gasteiger partial charge in [-0.2, -0.15) is 13.2 Å². The van der Waals surface area contributed by atoms with Crippen molar-refractivity contribution < 1.29 is 23.2 Å². The first-order valence-electron chi connectivity index (χ1n) is 6.87. The molecule has 23 heavy (non-hydrogen) atoms. The van der Waals surface area contributed by atoms with Gasteiger partial charge in [0, 0.05) is 49.9 Å². The maximum atomic E-state index is 13.0. The zero-order valence-electron chi connectivity index (χ0n) is 11.9. The van der Waals surface area contributed by atoms with E-state index in [2.05, 4.69) is 21.2 Å². The van der Waals surface area contributed by atoms with Crippen LogP contribution in [0.1, 0.15) is 18.0 Å². The van der Waals surface area contributed by atoms with Crippen molar-refractivity contribution in [2.45, 2.75) is 18.6 Å².